The van der Waals surface area contributed by atoms with Crippen LogP contribution in [0, 0.1) is 0 Å². The fourth-order valence-electron chi connectivity index (χ4n) is 1.12. The van der Waals surface area contributed by atoms with Crippen LogP contribution in [-0.2, 0) is 9.30 Å². The van der Waals surface area contributed by atoms with Crippen molar-refractivity contribution in [1.29, 1.82) is 0 Å². The number of benzene rings is 1. The average Bonchev–Trinajstić information content (AvgIpc) is 2.14. The van der Waals surface area contributed by atoms with Gasteiger partial charge in [0.05, 0.1) is 12.7 Å². The molecule has 82 valence electrons. The summed E-state index contributed by atoms with van der Waals surface area (Å²) in [4.78, 5) is 11.3. The quantitative estimate of drug-likeness (QED) is 0.621. The normalized spacial score (nSPS) is 11.2. The maximum atomic E-state index is 11.9. The first-order chi connectivity index (χ1) is 6.84. The van der Waals surface area contributed by atoms with Crippen LogP contribution in [0.2, 0.25) is 0 Å². The highest BCUT2D eigenvalue weighted by atomic mass is 79.9. The maximum Gasteiger partial charge on any atom is 0.337 e. The smallest absolute Gasteiger partial charge is 0.337 e. The Hall–Kier alpha value is -0.600. The van der Waals surface area contributed by atoms with Gasteiger partial charge >= 0.3 is 5.97 Å². The molecule has 0 saturated carbocycles. The molecular formula is C10H12BrO3P. The second-order valence-electron chi connectivity index (χ2n) is 3.54. The summed E-state index contributed by atoms with van der Waals surface area (Å²) in [6.45, 7) is 3.33. The van der Waals surface area contributed by atoms with Crippen molar-refractivity contribution in [2.75, 3.05) is 20.4 Å². The summed E-state index contributed by atoms with van der Waals surface area (Å²) in [6, 6.07) is 5.01. The van der Waals surface area contributed by atoms with Crippen LogP contribution in [-0.4, -0.2) is 26.4 Å². The molecule has 0 N–H and O–H groups in total. The van der Waals surface area contributed by atoms with Crippen molar-refractivity contribution in [3.05, 3.63) is 28.2 Å². The Labute approximate surface area is 97.3 Å². The van der Waals surface area contributed by atoms with Crippen molar-refractivity contribution in [3.63, 3.8) is 0 Å². The van der Waals surface area contributed by atoms with Crippen molar-refractivity contribution in [3.8, 4) is 0 Å². The fraction of sp³-hybridized carbons (Fsp3) is 0.300. The number of halogens is 1. The van der Waals surface area contributed by atoms with Crippen LogP contribution < -0.4 is 5.30 Å². The highest BCUT2D eigenvalue weighted by Gasteiger charge is 2.15. The number of rotatable bonds is 2. The van der Waals surface area contributed by atoms with Gasteiger partial charge in [0, 0.05) is 9.78 Å². The van der Waals surface area contributed by atoms with Gasteiger partial charge in [0.15, 0.2) is 0 Å². The Morgan fingerprint density at radius 3 is 2.40 bits per heavy atom. The number of ether oxygens (including phenoxy) is 1. The van der Waals surface area contributed by atoms with Crippen LogP contribution in [0.5, 0.6) is 0 Å². The minimum atomic E-state index is -2.36. The zero-order chi connectivity index (χ0) is 11.6. The number of hydrogen-bond acceptors (Lipinski definition) is 3. The Kier molecular flexibility index (Phi) is 3.74. The second-order valence-corrected chi connectivity index (χ2v) is 7.67. The molecule has 0 aliphatic carbocycles. The van der Waals surface area contributed by atoms with E-state index in [0.717, 1.165) is 4.47 Å². The first kappa shape index (κ1) is 12.5. The Morgan fingerprint density at radius 1 is 1.33 bits per heavy atom. The summed E-state index contributed by atoms with van der Waals surface area (Å²) in [6.07, 6.45) is 0. The van der Waals surface area contributed by atoms with Crippen molar-refractivity contribution in [1.82, 2.24) is 0 Å². The molecule has 0 fully saturated rings. The minimum Gasteiger partial charge on any atom is -0.465 e. The molecule has 1 aromatic rings. The number of carbonyl (C=O) groups is 1. The molecule has 0 unspecified atom stereocenters. The molecular weight excluding hydrogens is 279 g/mol. The van der Waals surface area contributed by atoms with E-state index in [-0.39, 0.29) is 0 Å². The Bertz CT molecular complexity index is 436. The lowest BCUT2D eigenvalue weighted by atomic mass is 10.2. The summed E-state index contributed by atoms with van der Waals surface area (Å²) in [5.41, 5.74) is 0.408. The third-order valence-corrected chi connectivity index (χ3v) is 3.89. The van der Waals surface area contributed by atoms with Crippen molar-refractivity contribution < 1.29 is 14.1 Å². The van der Waals surface area contributed by atoms with Gasteiger partial charge in [-0.05, 0) is 31.5 Å². The van der Waals surface area contributed by atoms with Crippen LogP contribution >= 0.6 is 23.1 Å². The van der Waals surface area contributed by atoms with Crippen LogP contribution in [0.15, 0.2) is 22.7 Å². The van der Waals surface area contributed by atoms with E-state index in [9.17, 15) is 9.36 Å². The van der Waals surface area contributed by atoms with Crippen LogP contribution in [0.4, 0.5) is 0 Å². The first-order valence-corrected chi connectivity index (χ1v) is 7.68. The van der Waals surface area contributed by atoms with Gasteiger partial charge in [-0.25, -0.2) is 4.79 Å². The molecule has 0 atom stereocenters. The van der Waals surface area contributed by atoms with Gasteiger partial charge in [0.25, 0.3) is 0 Å². The lowest BCUT2D eigenvalue weighted by Crippen LogP contribution is -2.09. The van der Waals surface area contributed by atoms with Crippen molar-refractivity contribution in [2.24, 2.45) is 0 Å². The molecule has 0 aliphatic heterocycles. The van der Waals surface area contributed by atoms with Gasteiger partial charge in [0.1, 0.15) is 7.14 Å². The molecule has 1 aromatic carbocycles. The molecule has 5 heteroatoms. The largest absolute Gasteiger partial charge is 0.465 e. The molecule has 0 bridgehead atoms. The van der Waals surface area contributed by atoms with E-state index in [1.54, 1.807) is 31.5 Å². The summed E-state index contributed by atoms with van der Waals surface area (Å²) < 4.78 is 17.2. The molecule has 1 rings (SSSR count). The molecule has 15 heavy (non-hydrogen) atoms. The highest BCUT2D eigenvalue weighted by Crippen LogP contribution is 2.35. The number of esters is 1. The van der Waals surface area contributed by atoms with E-state index >= 15 is 0 Å². The standard InChI is InChI=1S/C10H12BrO3P/c1-14-10(12)7-4-8(11)6-9(5-7)15(2,3)13/h4-6H,1-3H3. The summed E-state index contributed by atoms with van der Waals surface area (Å²) in [7, 11) is -1.04. The lowest BCUT2D eigenvalue weighted by Gasteiger charge is -2.09. The highest BCUT2D eigenvalue weighted by molar-refractivity contribution is 9.10. The van der Waals surface area contributed by atoms with E-state index < -0.39 is 13.1 Å². The van der Waals surface area contributed by atoms with Crippen LogP contribution in [0.1, 0.15) is 10.4 Å². The van der Waals surface area contributed by atoms with Gasteiger partial charge < -0.3 is 9.30 Å². The molecule has 0 amide bonds. The molecule has 0 saturated heterocycles. The zero-order valence-electron chi connectivity index (χ0n) is 8.78. The predicted octanol–water partition coefficient (Wildman–Crippen LogP) is 2.48. The molecule has 0 spiro atoms. The monoisotopic (exact) mass is 290 g/mol. The number of carbonyl (C=O) groups excluding carboxylic acids is 1. The van der Waals surface area contributed by atoms with Crippen molar-refractivity contribution in [2.45, 2.75) is 0 Å². The molecule has 3 nitrogen and oxygen atoms in total. The van der Waals surface area contributed by atoms with Gasteiger partial charge in [-0.3, -0.25) is 0 Å². The topological polar surface area (TPSA) is 43.4 Å². The number of methoxy groups -OCH3 is 1. The molecule has 0 aromatic heterocycles. The molecule has 0 heterocycles. The summed E-state index contributed by atoms with van der Waals surface area (Å²) in [5, 5.41) is 0.664. The van der Waals surface area contributed by atoms with Crippen LogP contribution in [0.3, 0.4) is 0 Å². The second kappa shape index (κ2) is 4.50. The van der Waals surface area contributed by atoms with Gasteiger partial charge in [-0.1, -0.05) is 15.9 Å². The zero-order valence-corrected chi connectivity index (χ0v) is 11.3. The van der Waals surface area contributed by atoms with Gasteiger partial charge in [-0.2, -0.15) is 0 Å². The third-order valence-electron chi connectivity index (χ3n) is 1.93. The Balaban J connectivity index is 3.29. The fourth-order valence-corrected chi connectivity index (χ4v) is 2.69. The van der Waals surface area contributed by atoms with E-state index in [1.807, 2.05) is 0 Å². The number of hydrogen-bond donors (Lipinski definition) is 0. The van der Waals surface area contributed by atoms with Crippen molar-refractivity contribution >= 4 is 34.3 Å². The van der Waals surface area contributed by atoms with E-state index in [1.165, 1.54) is 7.11 Å². The SMILES string of the molecule is COC(=O)c1cc(Br)cc(P(C)(C)=O)c1. The Morgan fingerprint density at radius 2 is 1.93 bits per heavy atom. The molecule has 0 radical (unpaired) electrons. The minimum absolute atomic E-state index is 0.408. The van der Waals surface area contributed by atoms with E-state index in [0.29, 0.717) is 10.9 Å². The maximum absolute atomic E-state index is 11.9. The van der Waals surface area contributed by atoms with E-state index in [2.05, 4.69) is 20.7 Å². The summed E-state index contributed by atoms with van der Waals surface area (Å²) >= 11 is 3.27. The first-order valence-electron chi connectivity index (χ1n) is 4.29. The predicted molar refractivity (Wildman–Crippen MR) is 64.6 cm³/mol. The molecule has 0 aliphatic rings. The van der Waals surface area contributed by atoms with Crippen LogP contribution in [0.25, 0.3) is 0 Å². The van der Waals surface area contributed by atoms with Gasteiger partial charge in [0.2, 0.25) is 0 Å². The summed E-state index contributed by atoms with van der Waals surface area (Å²) in [5.74, 6) is -0.425. The van der Waals surface area contributed by atoms with Gasteiger partial charge in [-0.15, -0.1) is 0 Å². The average molecular weight is 291 g/mol. The third kappa shape index (κ3) is 3.18. The lowest BCUT2D eigenvalue weighted by molar-refractivity contribution is 0.0601. The van der Waals surface area contributed by atoms with E-state index in [4.69, 9.17) is 0 Å².